The van der Waals surface area contributed by atoms with Gasteiger partial charge in [-0.05, 0) is 43.4 Å². The van der Waals surface area contributed by atoms with Crippen LogP contribution in [0.4, 0.5) is 13.2 Å². The average Bonchev–Trinajstić information content (AvgIpc) is 3.26. The topological polar surface area (TPSA) is 46.9 Å². The zero-order valence-electron chi connectivity index (χ0n) is 15.0. The molecule has 4 aliphatic rings. The molecule has 27 heavy (non-hydrogen) atoms. The number of carbonyl (C=O) groups is 1. The maximum atomic E-state index is 13.7. The second kappa shape index (κ2) is 5.97. The van der Waals surface area contributed by atoms with E-state index in [0.717, 1.165) is 18.9 Å². The third-order valence-corrected chi connectivity index (χ3v) is 7.04. The van der Waals surface area contributed by atoms with Gasteiger partial charge in [-0.1, -0.05) is 6.92 Å². The number of amides is 1. The van der Waals surface area contributed by atoms with Gasteiger partial charge in [-0.2, -0.15) is 0 Å². The molecule has 5 atom stereocenters. The molecule has 0 aliphatic heterocycles. The fraction of sp³-hybridized carbons (Fsp3) is 0.600. The number of halogens is 3. The van der Waals surface area contributed by atoms with Gasteiger partial charge in [0.2, 0.25) is 5.91 Å². The van der Waals surface area contributed by atoms with E-state index in [1.807, 2.05) is 11.5 Å². The standard InChI is InChI=1S/C20H22F3N3O/c1-9(20(27)25-12-4-11(21)5-12)19-10-2-13(19)17(3-10)26-8-24-16-6-14(22)15(23)7-18(16)26/h6-13,17,19H,2-5H2,1H3,(H,25,27)/t9?,10-,11?,12?,13?,17+,19-/m0/s1. The lowest BCUT2D eigenvalue weighted by atomic mass is 9.65. The van der Waals surface area contributed by atoms with Crippen LogP contribution in [0, 0.1) is 35.3 Å². The third-order valence-electron chi connectivity index (χ3n) is 7.04. The van der Waals surface area contributed by atoms with Gasteiger partial charge >= 0.3 is 0 Å². The Morgan fingerprint density at radius 1 is 1.22 bits per heavy atom. The first kappa shape index (κ1) is 17.1. The lowest BCUT2D eigenvalue weighted by Gasteiger charge is -2.41. The van der Waals surface area contributed by atoms with Crippen molar-refractivity contribution in [1.82, 2.24) is 14.9 Å². The third kappa shape index (κ3) is 2.57. The van der Waals surface area contributed by atoms with Gasteiger partial charge in [0.05, 0.1) is 17.4 Å². The maximum Gasteiger partial charge on any atom is 0.223 e. The molecule has 6 rings (SSSR count). The molecule has 0 spiro atoms. The molecule has 2 unspecified atom stereocenters. The molecule has 1 aromatic carbocycles. The first-order valence-electron chi connectivity index (χ1n) is 9.68. The van der Waals surface area contributed by atoms with Crippen LogP contribution in [-0.2, 0) is 4.79 Å². The lowest BCUT2D eigenvalue weighted by molar-refractivity contribution is -0.130. The Bertz CT molecular complexity index is 907. The molecule has 7 heteroatoms. The Morgan fingerprint density at radius 3 is 2.70 bits per heavy atom. The van der Waals surface area contributed by atoms with Crippen molar-refractivity contribution in [2.24, 2.45) is 23.7 Å². The molecule has 4 fully saturated rings. The van der Waals surface area contributed by atoms with Crippen LogP contribution in [0.25, 0.3) is 11.0 Å². The van der Waals surface area contributed by atoms with E-state index < -0.39 is 17.8 Å². The van der Waals surface area contributed by atoms with Crippen molar-refractivity contribution in [2.75, 3.05) is 0 Å². The highest BCUT2D eigenvalue weighted by molar-refractivity contribution is 5.79. The van der Waals surface area contributed by atoms with Gasteiger partial charge in [0.25, 0.3) is 0 Å². The smallest absolute Gasteiger partial charge is 0.223 e. The van der Waals surface area contributed by atoms with E-state index in [9.17, 15) is 18.0 Å². The van der Waals surface area contributed by atoms with Crippen LogP contribution in [0.3, 0.4) is 0 Å². The summed E-state index contributed by atoms with van der Waals surface area (Å²) in [6, 6.07) is 2.47. The van der Waals surface area contributed by atoms with E-state index in [1.165, 1.54) is 6.07 Å². The number of imidazole rings is 1. The minimum absolute atomic E-state index is 0.0101. The zero-order chi connectivity index (χ0) is 18.9. The Kier molecular flexibility index (Phi) is 3.78. The molecular weight excluding hydrogens is 355 g/mol. The van der Waals surface area contributed by atoms with Crippen LogP contribution < -0.4 is 5.32 Å². The van der Waals surface area contributed by atoms with Gasteiger partial charge in [0.1, 0.15) is 6.17 Å². The van der Waals surface area contributed by atoms with E-state index >= 15 is 0 Å². The van der Waals surface area contributed by atoms with Gasteiger partial charge in [-0.15, -0.1) is 0 Å². The second-order valence-electron chi connectivity index (χ2n) is 8.51. The molecule has 0 saturated heterocycles. The van der Waals surface area contributed by atoms with Crippen molar-refractivity contribution in [3.8, 4) is 0 Å². The summed E-state index contributed by atoms with van der Waals surface area (Å²) in [5.41, 5.74) is 1.05. The number of carbonyl (C=O) groups excluding carboxylic acids is 1. The summed E-state index contributed by atoms with van der Waals surface area (Å²) in [5, 5.41) is 2.97. The Labute approximate surface area is 155 Å². The van der Waals surface area contributed by atoms with Gasteiger partial charge in [0, 0.05) is 30.1 Å². The molecule has 2 aromatic rings. The number of fused-ring (bicyclic) bond motifs is 2. The predicted molar refractivity (Wildman–Crippen MR) is 93.6 cm³/mol. The summed E-state index contributed by atoms with van der Waals surface area (Å²) in [7, 11) is 0. The zero-order valence-corrected chi connectivity index (χ0v) is 15.0. The second-order valence-corrected chi connectivity index (χ2v) is 8.51. The van der Waals surface area contributed by atoms with E-state index in [0.29, 0.717) is 35.7 Å². The van der Waals surface area contributed by atoms with E-state index in [1.54, 1.807) is 6.33 Å². The fourth-order valence-electron chi connectivity index (χ4n) is 5.53. The van der Waals surface area contributed by atoms with E-state index in [2.05, 4.69) is 10.3 Å². The SMILES string of the molecule is CC(C(=O)NC1CC(F)C1)[C@@H]1C2C[C@H]1C[C@H]2n1cnc2cc(F)c(F)cc21. The monoisotopic (exact) mass is 377 g/mol. The molecule has 4 aliphatic carbocycles. The first-order chi connectivity index (χ1) is 12.9. The molecular formula is C20H22F3N3O. The number of alkyl halides is 1. The van der Waals surface area contributed by atoms with Crippen molar-refractivity contribution in [2.45, 2.75) is 50.9 Å². The number of hydrogen-bond donors (Lipinski definition) is 1. The number of hydrogen-bond acceptors (Lipinski definition) is 2. The van der Waals surface area contributed by atoms with E-state index in [4.69, 9.17) is 0 Å². The van der Waals surface area contributed by atoms with Crippen LogP contribution in [0.15, 0.2) is 18.5 Å². The molecule has 0 radical (unpaired) electrons. The minimum Gasteiger partial charge on any atom is -0.353 e. The van der Waals surface area contributed by atoms with Crippen LogP contribution >= 0.6 is 0 Å². The van der Waals surface area contributed by atoms with Crippen molar-refractivity contribution < 1.29 is 18.0 Å². The highest BCUT2D eigenvalue weighted by Crippen LogP contribution is 2.61. The fourth-order valence-corrected chi connectivity index (χ4v) is 5.53. The maximum absolute atomic E-state index is 13.7. The Morgan fingerprint density at radius 2 is 1.96 bits per heavy atom. The molecule has 4 saturated carbocycles. The van der Waals surface area contributed by atoms with Gasteiger partial charge in [0.15, 0.2) is 11.6 Å². The van der Waals surface area contributed by atoms with Crippen molar-refractivity contribution in [3.05, 3.63) is 30.1 Å². The highest BCUT2D eigenvalue weighted by Gasteiger charge is 2.56. The largest absolute Gasteiger partial charge is 0.353 e. The van der Waals surface area contributed by atoms with Gasteiger partial charge in [-0.25, -0.2) is 18.2 Å². The summed E-state index contributed by atoms with van der Waals surface area (Å²) in [5.74, 6) is -0.810. The minimum atomic E-state index is -0.891. The summed E-state index contributed by atoms with van der Waals surface area (Å²) >= 11 is 0. The number of benzene rings is 1. The molecule has 2 bridgehead atoms. The quantitative estimate of drug-likeness (QED) is 0.882. The molecule has 1 N–H and O–H groups in total. The van der Waals surface area contributed by atoms with Crippen LogP contribution in [0.5, 0.6) is 0 Å². The van der Waals surface area contributed by atoms with Crippen LogP contribution in [0.1, 0.15) is 38.6 Å². The summed E-state index contributed by atoms with van der Waals surface area (Å²) in [4.78, 5) is 16.8. The highest BCUT2D eigenvalue weighted by atomic mass is 19.2. The average molecular weight is 377 g/mol. The Balaban J connectivity index is 1.33. The summed E-state index contributed by atoms with van der Waals surface area (Å²) in [6.07, 6.45) is 3.69. The number of nitrogens with zero attached hydrogens (tertiary/aromatic N) is 2. The van der Waals surface area contributed by atoms with Gasteiger partial charge in [-0.3, -0.25) is 4.79 Å². The van der Waals surface area contributed by atoms with Crippen molar-refractivity contribution >= 4 is 16.9 Å². The number of nitrogens with one attached hydrogen (secondary N) is 1. The van der Waals surface area contributed by atoms with Crippen molar-refractivity contribution in [3.63, 3.8) is 0 Å². The van der Waals surface area contributed by atoms with Crippen LogP contribution in [-0.4, -0.2) is 27.7 Å². The summed E-state index contributed by atoms with van der Waals surface area (Å²) in [6.45, 7) is 1.95. The van der Waals surface area contributed by atoms with E-state index in [-0.39, 0.29) is 29.8 Å². The normalized spacial score (nSPS) is 35.6. The molecule has 1 amide bonds. The molecule has 144 valence electrons. The predicted octanol–water partition coefficient (Wildman–Crippen LogP) is 3.76. The van der Waals surface area contributed by atoms with Crippen molar-refractivity contribution in [1.29, 1.82) is 0 Å². The number of aromatic nitrogens is 2. The summed E-state index contributed by atoms with van der Waals surface area (Å²) < 4.78 is 42.1. The molecule has 4 nitrogen and oxygen atoms in total. The molecule has 1 aromatic heterocycles. The number of rotatable bonds is 4. The lowest BCUT2D eigenvalue weighted by Crippen LogP contribution is -2.50. The van der Waals surface area contributed by atoms with Crippen LogP contribution in [0.2, 0.25) is 0 Å². The first-order valence-corrected chi connectivity index (χ1v) is 9.68. The van der Waals surface area contributed by atoms with Gasteiger partial charge < -0.3 is 9.88 Å². The molecule has 1 heterocycles. The Hall–Kier alpha value is -2.05.